The molecule has 1 aromatic carbocycles. The number of aliphatic hydroxyl groups excluding tert-OH is 1. The van der Waals surface area contributed by atoms with Crippen molar-refractivity contribution in [2.45, 2.75) is 33.1 Å². The van der Waals surface area contributed by atoms with E-state index in [1.165, 1.54) is 13.0 Å². The van der Waals surface area contributed by atoms with Gasteiger partial charge < -0.3 is 24.7 Å². The van der Waals surface area contributed by atoms with Gasteiger partial charge in [0.15, 0.2) is 17.3 Å². The summed E-state index contributed by atoms with van der Waals surface area (Å²) in [4.78, 5) is 14.5. The largest absolute Gasteiger partial charge is 0.482 e. The van der Waals surface area contributed by atoms with Crippen LogP contribution in [0.4, 0.5) is 4.39 Å². The summed E-state index contributed by atoms with van der Waals surface area (Å²) in [5.74, 6) is -0.383. The first-order valence-corrected chi connectivity index (χ1v) is 7.74. The van der Waals surface area contributed by atoms with Crippen molar-refractivity contribution in [3.05, 3.63) is 47.2 Å². The number of carbonyl (C=O) groups is 1. The summed E-state index contributed by atoms with van der Waals surface area (Å²) in [5.41, 5.74) is 2.08. The van der Waals surface area contributed by atoms with Crippen LogP contribution in [-0.2, 0) is 17.9 Å². The number of nitrogens with one attached hydrogen (secondary N) is 2. The lowest BCUT2D eigenvalue weighted by Gasteiger charge is -2.05. The molecule has 0 saturated heterocycles. The predicted octanol–water partition coefficient (Wildman–Crippen LogP) is 2.18. The number of halogens is 1. The van der Waals surface area contributed by atoms with E-state index >= 15 is 0 Å². The zero-order chi connectivity index (χ0) is 18.0. The van der Waals surface area contributed by atoms with Gasteiger partial charge in [-0.3, -0.25) is 4.79 Å². The molecule has 0 unspecified atom stereocenters. The molecule has 0 aliphatic rings. The van der Waals surface area contributed by atoms with Gasteiger partial charge in [0.25, 0.3) is 0 Å². The van der Waals surface area contributed by atoms with Crippen LogP contribution in [0.3, 0.4) is 0 Å². The van der Waals surface area contributed by atoms with Gasteiger partial charge in [0.05, 0.1) is 12.2 Å². The van der Waals surface area contributed by atoms with Gasteiger partial charge in [-0.05, 0) is 26.0 Å². The summed E-state index contributed by atoms with van der Waals surface area (Å²) in [7, 11) is 0. The van der Waals surface area contributed by atoms with E-state index in [1.807, 2.05) is 0 Å². The number of aromatic amines is 1. The second-order valence-corrected chi connectivity index (χ2v) is 5.78. The van der Waals surface area contributed by atoms with Crippen LogP contribution in [0.5, 0.6) is 5.75 Å². The third kappa shape index (κ3) is 3.97. The van der Waals surface area contributed by atoms with Gasteiger partial charge in [0.2, 0.25) is 5.91 Å². The molecule has 2 heterocycles. The molecular formula is C17H18FN3O4. The lowest BCUT2D eigenvalue weighted by Crippen LogP contribution is -2.32. The summed E-state index contributed by atoms with van der Waals surface area (Å²) in [6, 6.07) is 6.35. The Hall–Kier alpha value is -2.87. The number of aromatic nitrogens is 2. The molecule has 0 aliphatic carbocycles. The highest BCUT2D eigenvalue weighted by atomic mass is 19.1. The zero-order valence-corrected chi connectivity index (χ0v) is 13.8. The van der Waals surface area contributed by atoms with Crippen LogP contribution >= 0.6 is 0 Å². The molecule has 1 atom stereocenters. The van der Waals surface area contributed by atoms with Gasteiger partial charge >= 0.3 is 0 Å². The third-order valence-corrected chi connectivity index (χ3v) is 3.61. The number of carbonyl (C=O) groups excluding carboxylic acids is 1. The fraction of sp³-hybridized carbons (Fsp3) is 0.294. The van der Waals surface area contributed by atoms with Crippen LogP contribution in [0.2, 0.25) is 0 Å². The number of nitrogens with zero attached hydrogens (tertiary/aromatic N) is 1. The highest BCUT2D eigenvalue weighted by Gasteiger charge is 2.12. The fourth-order valence-corrected chi connectivity index (χ4v) is 2.36. The fourth-order valence-electron chi connectivity index (χ4n) is 2.36. The Kier molecular flexibility index (Phi) is 4.71. The van der Waals surface area contributed by atoms with Crippen molar-refractivity contribution in [2.75, 3.05) is 0 Å². The Balaban J connectivity index is 1.72. The molecule has 3 rings (SSSR count). The maximum atomic E-state index is 14.2. The number of aryl methyl sites for hydroxylation is 1. The first kappa shape index (κ1) is 17.0. The van der Waals surface area contributed by atoms with Crippen LogP contribution in [0.1, 0.15) is 24.1 Å². The lowest BCUT2D eigenvalue weighted by atomic mass is 10.2. The molecule has 0 radical (unpaired) electrons. The number of fused-ring (bicyclic) bond motifs is 1. The van der Waals surface area contributed by atoms with E-state index in [4.69, 9.17) is 14.4 Å². The minimum Gasteiger partial charge on any atom is -0.482 e. The number of hydrogen-bond acceptors (Lipinski definition) is 5. The molecule has 0 spiro atoms. The maximum absolute atomic E-state index is 14.2. The molecule has 1 amide bonds. The minimum atomic E-state index is -1.08. The standard InChI is InChI=1S/C17H18FN3O4/c1-9-3-13(25-21-9)8-24-16-6-15-11(5-14(16)18)4-12(20-15)7-19-17(23)10(2)22/h3-6,10,20,22H,7-8H2,1-2H3,(H,19,23)/t10-/m0/s1. The number of amides is 1. The summed E-state index contributed by atoms with van der Waals surface area (Å²) < 4.78 is 24.6. The van der Waals surface area contributed by atoms with Gasteiger partial charge in [-0.1, -0.05) is 5.16 Å². The average molecular weight is 347 g/mol. The van der Waals surface area contributed by atoms with E-state index < -0.39 is 17.8 Å². The van der Waals surface area contributed by atoms with Gasteiger partial charge in [-0.15, -0.1) is 0 Å². The van der Waals surface area contributed by atoms with Crippen molar-refractivity contribution < 1.29 is 23.6 Å². The lowest BCUT2D eigenvalue weighted by molar-refractivity contribution is -0.128. The molecular weight excluding hydrogens is 329 g/mol. The van der Waals surface area contributed by atoms with E-state index in [1.54, 1.807) is 25.1 Å². The molecule has 7 nitrogen and oxygen atoms in total. The molecule has 2 aromatic heterocycles. The second kappa shape index (κ2) is 6.94. The minimum absolute atomic E-state index is 0.0707. The average Bonchev–Trinajstić information content (AvgIpc) is 3.15. The molecule has 8 heteroatoms. The van der Waals surface area contributed by atoms with E-state index in [9.17, 15) is 9.18 Å². The quantitative estimate of drug-likeness (QED) is 0.634. The third-order valence-electron chi connectivity index (χ3n) is 3.61. The van der Waals surface area contributed by atoms with E-state index in [2.05, 4.69) is 15.5 Å². The molecule has 0 fully saturated rings. The van der Waals surface area contributed by atoms with Crippen LogP contribution in [0.15, 0.2) is 28.8 Å². The van der Waals surface area contributed by atoms with Crippen molar-refractivity contribution in [2.24, 2.45) is 0 Å². The first-order valence-electron chi connectivity index (χ1n) is 7.74. The predicted molar refractivity (Wildman–Crippen MR) is 87.4 cm³/mol. The Morgan fingerprint density at radius 3 is 2.92 bits per heavy atom. The Morgan fingerprint density at radius 2 is 2.24 bits per heavy atom. The summed E-state index contributed by atoms with van der Waals surface area (Å²) in [6.07, 6.45) is -1.08. The topological polar surface area (TPSA) is 100 Å². The zero-order valence-electron chi connectivity index (χ0n) is 13.8. The number of aliphatic hydroxyl groups is 1. The number of benzene rings is 1. The van der Waals surface area contributed by atoms with Gasteiger partial charge in [0, 0.05) is 28.7 Å². The number of hydrogen-bond donors (Lipinski definition) is 3. The monoisotopic (exact) mass is 347 g/mol. The number of H-pyrrole nitrogens is 1. The van der Waals surface area contributed by atoms with E-state index in [-0.39, 0.29) is 18.9 Å². The van der Waals surface area contributed by atoms with E-state index in [0.29, 0.717) is 22.4 Å². The van der Waals surface area contributed by atoms with Crippen LogP contribution in [-0.4, -0.2) is 27.3 Å². The molecule has 3 aromatic rings. The molecule has 0 aliphatic heterocycles. The van der Waals surface area contributed by atoms with Crippen molar-refractivity contribution in [1.82, 2.24) is 15.5 Å². The smallest absolute Gasteiger partial charge is 0.248 e. The van der Waals surface area contributed by atoms with Crippen LogP contribution in [0, 0.1) is 12.7 Å². The van der Waals surface area contributed by atoms with Crippen molar-refractivity contribution in [3.63, 3.8) is 0 Å². The maximum Gasteiger partial charge on any atom is 0.248 e. The normalized spacial score (nSPS) is 12.3. The van der Waals surface area contributed by atoms with Gasteiger partial charge in [-0.25, -0.2) is 4.39 Å². The Labute approximate surface area is 142 Å². The SMILES string of the molecule is Cc1cc(COc2cc3[nH]c(CNC(=O)[C@H](C)O)cc3cc2F)on1. The highest BCUT2D eigenvalue weighted by molar-refractivity contribution is 5.83. The second-order valence-electron chi connectivity index (χ2n) is 5.78. The molecule has 0 bridgehead atoms. The summed E-state index contributed by atoms with van der Waals surface area (Å²) >= 11 is 0. The van der Waals surface area contributed by atoms with Crippen molar-refractivity contribution in [1.29, 1.82) is 0 Å². The molecule has 3 N–H and O–H groups in total. The summed E-state index contributed by atoms with van der Waals surface area (Å²) in [6.45, 7) is 3.45. The summed E-state index contributed by atoms with van der Waals surface area (Å²) in [5, 5.41) is 16.1. The number of rotatable bonds is 6. The highest BCUT2D eigenvalue weighted by Crippen LogP contribution is 2.26. The van der Waals surface area contributed by atoms with Crippen LogP contribution < -0.4 is 10.1 Å². The van der Waals surface area contributed by atoms with E-state index in [0.717, 1.165) is 5.69 Å². The molecule has 25 heavy (non-hydrogen) atoms. The Morgan fingerprint density at radius 1 is 1.44 bits per heavy atom. The molecule has 0 saturated carbocycles. The van der Waals surface area contributed by atoms with Crippen molar-refractivity contribution in [3.8, 4) is 5.75 Å². The van der Waals surface area contributed by atoms with Gasteiger partial charge in [-0.2, -0.15) is 0 Å². The van der Waals surface area contributed by atoms with Crippen LogP contribution in [0.25, 0.3) is 10.9 Å². The first-order chi connectivity index (χ1) is 11.9. The van der Waals surface area contributed by atoms with Crippen molar-refractivity contribution >= 4 is 16.8 Å². The number of ether oxygens (including phenoxy) is 1. The van der Waals surface area contributed by atoms with Gasteiger partial charge in [0.1, 0.15) is 12.7 Å². The molecule has 132 valence electrons. The Bertz CT molecular complexity index is 901.